The van der Waals surface area contributed by atoms with E-state index < -0.39 is 6.03 Å². The highest BCUT2D eigenvalue weighted by molar-refractivity contribution is 5.80. The molecule has 0 spiro atoms. The second-order valence-electron chi connectivity index (χ2n) is 5.27. The predicted octanol–water partition coefficient (Wildman–Crippen LogP) is 1.40. The lowest BCUT2D eigenvalue weighted by Gasteiger charge is -2.30. The topological polar surface area (TPSA) is 75.4 Å². The smallest absolute Gasteiger partial charge is 0.314 e. The Labute approximate surface area is 119 Å². The molecule has 1 aromatic carbocycles. The van der Waals surface area contributed by atoms with E-state index >= 15 is 0 Å². The molecule has 1 saturated heterocycles. The molecule has 0 bridgehead atoms. The van der Waals surface area contributed by atoms with E-state index in [0.717, 1.165) is 24.0 Å². The van der Waals surface area contributed by atoms with Gasteiger partial charge in [0.05, 0.1) is 5.92 Å². The molecule has 108 valence electrons. The van der Waals surface area contributed by atoms with Crippen LogP contribution in [0.3, 0.4) is 0 Å². The number of likely N-dealkylation sites (tertiary alicyclic amines) is 1. The minimum absolute atomic E-state index is 0.000738. The van der Waals surface area contributed by atoms with E-state index in [9.17, 15) is 9.59 Å². The Bertz CT molecular complexity index is 502. The quantitative estimate of drug-likeness (QED) is 0.875. The number of hydrogen-bond donors (Lipinski definition) is 2. The van der Waals surface area contributed by atoms with Gasteiger partial charge >= 0.3 is 6.03 Å². The molecule has 0 unspecified atom stereocenters. The first-order valence-electron chi connectivity index (χ1n) is 6.94. The summed E-state index contributed by atoms with van der Waals surface area (Å²) >= 11 is 0. The van der Waals surface area contributed by atoms with E-state index in [0.29, 0.717) is 19.6 Å². The zero-order valence-corrected chi connectivity index (χ0v) is 11.8. The van der Waals surface area contributed by atoms with Crippen molar-refractivity contribution in [3.8, 4) is 0 Å². The minimum Gasteiger partial charge on any atom is -0.352 e. The predicted molar refractivity (Wildman–Crippen MR) is 76.9 cm³/mol. The number of piperidine rings is 1. The molecule has 2 rings (SSSR count). The largest absolute Gasteiger partial charge is 0.352 e. The molecule has 0 saturated carbocycles. The number of nitrogens with two attached hydrogens (primary N) is 1. The summed E-state index contributed by atoms with van der Waals surface area (Å²) in [6.45, 7) is 3.63. The first kappa shape index (κ1) is 14.4. The summed E-state index contributed by atoms with van der Waals surface area (Å²) in [4.78, 5) is 24.9. The number of nitrogens with zero attached hydrogens (tertiary/aromatic N) is 1. The number of nitrogens with one attached hydrogen (secondary N) is 1. The number of urea groups is 1. The van der Waals surface area contributed by atoms with Gasteiger partial charge in [-0.1, -0.05) is 24.3 Å². The van der Waals surface area contributed by atoms with E-state index in [4.69, 9.17) is 5.73 Å². The Morgan fingerprint density at radius 2 is 2.15 bits per heavy atom. The maximum Gasteiger partial charge on any atom is 0.314 e. The summed E-state index contributed by atoms with van der Waals surface area (Å²) in [7, 11) is 0. The van der Waals surface area contributed by atoms with Crippen LogP contribution in [0.15, 0.2) is 24.3 Å². The highest BCUT2D eigenvalue weighted by atomic mass is 16.2. The maximum atomic E-state index is 12.2. The number of carbonyl (C=O) groups is 2. The molecule has 1 heterocycles. The van der Waals surface area contributed by atoms with Crippen LogP contribution in [0.2, 0.25) is 0 Å². The number of hydrogen-bond acceptors (Lipinski definition) is 2. The fraction of sp³-hybridized carbons (Fsp3) is 0.467. The molecule has 1 aliphatic heterocycles. The Kier molecular flexibility index (Phi) is 4.61. The van der Waals surface area contributed by atoms with Gasteiger partial charge in [-0.15, -0.1) is 0 Å². The molecule has 1 fully saturated rings. The molecular formula is C15H21N3O2. The zero-order valence-electron chi connectivity index (χ0n) is 11.8. The molecule has 3 N–H and O–H groups in total. The number of rotatable bonds is 3. The van der Waals surface area contributed by atoms with Crippen molar-refractivity contribution in [2.45, 2.75) is 26.3 Å². The number of primary amides is 1. The van der Waals surface area contributed by atoms with Crippen molar-refractivity contribution in [1.82, 2.24) is 10.2 Å². The van der Waals surface area contributed by atoms with Crippen molar-refractivity contribution in [3.05, 3.63) is 35.4 Å². The summed E-state index contributed by atoms with van der Waals surface area (Å²) in [6.07, 6.45) is 1.63. The number of carbonyl (C=O) groups excluding carboxylic acids is 2. The number of benzene rings is 1. The average molecular weight is 275 g/mol. The Morgan fingerprint density at radius 1 is 1.40 bits per heavy atom. The van der Waals surface area contributed by atoms with E-state index in [1.807, 2.05) is 31.2 Å². The van der Waals surface area contributed by atoms with Crippen molar-refractivity contribution >= 4 is 11.9 Å². The summed E-state index contributed by atoms with van der Waals surface area (Å²) in [5.41, 5.74) is 7.55. The van der Waals surface area contributed by atoms with E-state index in [1.54, 1.807) is 4.90 Å². The van der Waals surface area contributed by atoms with E-state index in [2.05, 4.69) is 5.32 Å². The number of aryl methyl sites for hydroxylation is 1. The third kappa shape index (κ3) is 3.50. The van der Waals surface area contributed by atoms with Crippen LogP contribution in [0.1, 0.15) is 24.0 Å². The van der Waals surface area contributed by atoms with Crippen molar-refractivity contribution < 1.29 is 9.59 Å². The van der Waals surface area contributed by atoms with Crippen molar-refractivity contribution in [1.29, 1.82) is 0 Å². The molecular weight excluding hydrogens is 254 g/mol. The first-order valence-corrected chi connectivity index (χ1v) is 6.94. The molecule has 1 aliphatic rings. The summed E-state index contributed by atoms with van der Waals surface area (Å²) < 4.78 is 0. The fourth-order valence-electron chi connectivity index (χ4n) is 2.53. The van der Waals surface area contributed by atoms with Gasteiger partial charge in [0, 0.05) is 19.6 Å². The van der Waals surface area contributed by atoms with Gasteiger partial charge in [-0.3, -0.25) is 4.79 Å². The van der Waals surface area contributed by atoms with Crippen LogP contribution >= 0.6 is 0 Å². The Hall–Kier alpha value is -2.04. The average Bonchev–Trinajstić information content (AvgIpc) is 2.46. The maximum absolute atomic E-state index is 12.2. The van der Waals surface area contributed by atoms with E-state index in [1.165, 1.54) is 0 Å². The van der Waals surface area contributed by atoms with Crippen LogP contribution in [-0.4, -0.2) is 29.9 Å². The molecule has 5 nitrogen and oxygen atoms in total. The van der Waals surface area contributed by atoms with Crippen molar-refractivity contribution in [3.63, 3.8) is 0 Å². The molecule has 0 radical (unpaired) electrons. The molecule has 3 amide bonds. The van der Waals surface area contributed by atoms with Crippen LogP contribution in [-0.2, 0) is 11.3 Å². The van der Waals surface area contributed by atoms with E-state index in [-0.39, 0.29) is 11.8 Å². The summed E-state index contributed by atoms with van der Waals surface area (Å²) in [6, 6.07) is 7.53. The molecule has 1 atom stereocenters. The van der Waals surface area contributed by atoms with Gasteiger partial charge in [-0.2, -0.15) is 0 Å². The lowest BCUT2D eigenvalue weighted by molar-refractivity contribution is -0.126. The van der Waals surface area contributed by atoms with Crippen LogP contribution in [0.5, 0.6) is 0 Å². The minimum atomic E-state index is -0.443. The third-order valence-corrected chi connectivity index (χ3v) is 3.82. The third-order valence-electron chi connectivity index (χ3n) is 3.82. The van der Waals surface area contributed by atoms with Crippen LogP contribution < -0.4 is 11.1 Å². The standard InChI is InChI=1S/C15H21N3O2/c1-11-5-2-3-6-12(11)9-17-14(19)13-7-4-8-18(10-13)15(16)20/h2-3,5-6,13H,4,7-10H2,1H3,(H2,16,20)(H,17,19)/t13-/m1/s1. The second-order valence-corrected chi connectivity index (χ2v) is 5.27. The SMILES string of the molecule is Cc1ccccc1CNC(=O)[C@@H]1CCCN(C(N)=O)C1. The second kappa shape index (κ2) is 6.41. The van der Waals surface area contributed by atoms with Gasteiger partial charge in [0.15, 0.2) is 0 Å². The van der Waals surface area contributed by atoms with Gasteiger partial charge < -0.3 is 16.0 Å². The van der Waals surface area contributed by atoms with Crippen LogP contribution in [0, 0.1) is 12.8 Å². The van der Waals surface area contributed by atoms with Gasteiger partial charge in [0.25, 0.3) is 0 Å². The summed E-state index contributed by atoms with van der Waals surface area (Å²) in [5.74, 6) is -0.153. The lowest BCUT2D eigenvalue weighted by Crippen LogP contribution is -2.47. The van der Waals surface area contributed by atoms with Gasteiger partial charge in [-0.25, -0.2) is 4.79 Å². The fourth-order valence-corrected chi connectivity index (χ4v) is 2.53. The molecule has 0 aliphatic carbocycles. The molecule has 5 heteroatoms. The Balaban J connectivity index is 1.89. The lowest BCUT2D eigenvalue weighted by atomic mass is 9.97. The monoisotopic (exact) mass is 275 g/mol. The highest BCUT2D eigenvalue weighted by Gasteiger charge is 2.27. The van der Waals surface area contributed by atoms with Crippen LogP contribution in [0.25, 0.3) is 0 Å². The van der Waals surface area contributed by atoms with Crippen molar-refractivity contribution in [2.75, 3.05) is 13.1 Å². The number of amides is 3. The summed E-state index contributed by atoms with van der Waals surface area (Å²) in [5, 5.41) is 2.95. The van der Waals surface area contributed by atoms with Crippen LogP contribution in [0.4, 0.5) is 4.79 Å². The zero-order chi connectivity index (χ0) is 14.5. The van der Waals surface area contributed by atoms with Gasteiger partial charge in [0.1, 0.15) is 0 Å². The van der Waals surface area contributed by atoms with Gasteiger partial charge in [0.2, 0.25) is 5.91 Å². The first-order chi connectivity index (χ1) is 9.58. The normalized spacial score (nSPS) is 18.6. The molecule has 0 aromatic heterocycles. The molecule has 1 aromatic rings. The van der Waals surface area contributed by atoms with Crippen molar-refractivity contribution in [2.24, 2.45) is 11.7 Å². The Morgan fingerprint density at radius 3 is 2.85 bits per heavy atom. The van der Waals surface area contributed by atoms with Gasteiger partial charge in [-0.05, 0) is 30.9 Å². The molecule has 20 heavy (non-hydrogen) atoms. The highest BCUT2D eigenvalue weighted by Crippen LogP contribution is 2.16.